The summed E-state index contributed by atoms with van der Waals surface area (Å²) in [5.41, 5.74) is 3.24. The maximum absolute atomic E-state index is 5.78. The van der Waals surface area contributed by atoms with Crippen LogP contribution in [-0.2, 0) is 24.0 Å². The van der Waals surface area contributed by atoms with Crippen molar-refractivity contribution in [3.05, 3.63) is 20.9 Å². The minimum atomic E-state index is 0.354. The average molecular weight is 222 g/mol. The molecular formula is C13H18OS. The molecule has 1 aromatic rings. The average Bonchev–Trinajstić information content (AvgIpc) is 2.43. The number of aryl methyl sites for hydroxylation is 1. The molecule has 0 saturated carbocycles. The Labute approximate surface area is 95.5 Å². The highest BCUT2D eigenvalue weighted by Crippen LogP contribution is 2.40. The predicted molar refractivity (Wildman–Crippen MR) is 63.6 cm³/mol. The first-order valence-electron chi connectivity index (χ1n) is 6.11. The topological polar surface area (TPSA) is 9.23 Å². The molecule has 0 N–H and O–H groups in total. The van der Waals surface area contributed by atoms with Crippen molar-refractivity contribution >= 4 is 11.3 Å². The van der Waals surface area contributed by atoms with Crippen LogP contribution >= 0.6 is 11.3 Å². The van der Waals surface area contributed by atoms with Crippen molar-refractivity contribution in [2.45, 2.75) is 51.6 Å². The molecule has 1 aliphatic carbocycles. The molecular weight excluding hydrogens is 204 g/mol. The minimum absolute atomic E-state index is 0.354. The van der Waals surface area contributed by atoms with Gasteiger partial charge in [0.15, 0.2) is 0 Å². The summed E-state index contributed by atoms with van der Waals surface area (Å²) in [4.78, 5) is 3.30. The molecule has 0 fully saturated rings. The van der Waals surface area contributed by atoms with Crippen molar-refractivity contribution in [3.8, 4) is 0 Å². The number of rotatable bonds is 0. The highest BCUT2D eigenvalue weighted by molar-refractivity contribution is 7.12. The van der Waals surface area contributed by atoms with Crippen molar-refractivity contribution in [3.63, 3.8) is 0 Å². The van der Waals surface area contributed by atoms with E-state index in [-0.39, 0.29) is 0 Å². The van der Waals surface area contributed by atoms with Crippen LogP contribution < -0.4 is 0 Å². The minimum Gasteiger partial charge on any atom is -0.373 e. The Morgan fingerprint density at radius 3 is 2.87 bits per heavy atom. The second-order valence-electron chi connectivity index (χ2n) is 4.66. The van der Waals surface area contributed by atoms with Crippen LogP contribution in [0.25, 0.3) is 0 Å². The molecule has 82 valence electrons. The second-order valence-corrected chi connectivity index (χ2v) is 5.85. The summed E-state index contributed by atoms with van der Waals surface area (Å²) in [6.45, 7) is 3.14. The summed E-state index contributed by atoms with van der Waals surface area (Å²) in [5.74, 6) is 0. The molecule has 2 heteroatoms. The molecule has 3 rings (SSSR count). The van der Waals surface area contributed by atoms with E-state index < -0.39 is 0 Å². The summed E-state index contributed by atoms with van der Waals surface area (Å²) >= 11 is 2.07. The Bertz CT molecular complexity index is 367. The van der Waals surface area contributed by atoms with Crippen molar-refractivity contribution in [2.24, 2.45) is 0 Å². The van der Waals surface area contributed by atoms with Crippen molar-refractivity contribution in [1.82, 2.24) is 0 Å². The first-order chi connectivity index (χ1) is 7.36. The van der Waals surface area contributed by atoms with E-state index in [0.29, 0.717) is 6.10 Å². The predicted octanol–water partition coefficient (Wildman–Crippen LogP) is 3.65. The fraction of sp³-hybridized carbons (Fsp3) is 0.692. The maximum Gasteiger partial charge on any atom is 0.0810 e. The number of ether oxygens (including phenoxy) is 1. The van der Waals surface area contributed by atoms with Crippen LogP contribution in [-0.4, -0.2) is 6.61 Å². The Morgan fingerprint density at radius 2 is 1.93 bits per heavy atom. The number of hydrogen-bond donors (Lipinski definition) is 0. The van der Waals surface area contributed by atoms with E-state index >= 15 is 0 Å². The molecule has 0 saturated heterocycles. The van der Waals surface area contributed by atoms with E-state index in [1.165, 1.54) is 32.1 Å². The van der Waals surface area contributed by atoms with Gasteiger partial charge in [-0.2, -0.15) is 0 Å². The van der Waals surface area contributed by atoms with Gasteiger partial charge in [-0.15, -0.1) is 11.3 Å². The first kappa shape index (κ1) is 9.86. The van der Waals surface area contributed by atoms with Crippen LogP contribution in [0.4, 0.5) is 0 Å². The Kier molecular flexibility index (Phi) is 2.57. The first-order valence-corrected chi connectivity index (χ1v) is 6.93. The smallest absolute Gasteiger partial charge is 0.0810 e. The number of hydrogen-bond acceptors (Lipinski definition) is 2. The van der Waals surface area contributed by atoms with Gasteiger partial charge < -0.3 is 4.74 Å². The quantitative estimate of drug-likeness (QED) is 0.609. The Hall–Kier alpha value is -0.340. The Balaban J connectivity index is 2.07. The fourth-order valence-corrected chi connectivity index (χ4v) is 4.36. The van der Waals surface area contributed by atoms with Gasteiger partial charge in [0, 0.05) is 16.2 Å². The van der Waals surface area contributed by atoms with Crippen LogP contribution in [0.1, 0.15) is 53.2 Å². The van der Waals surface area contributed by atoms with Crippen molar-refractivity contribution in [2.75, 3.05) is 6.61 Å². The highest BCUT2D eigenvalue weighted by atomic mass is 32.1. The van der Waals surface area contributed by atoms with Gasteiger partial charge in [-0.25, -0.2) is 0 Å². The van der Waals surface area contributed by atoms with E-state index in [0.717, 1.165) is 13.0 Å². The van der Waals surface area contributed by atoms with Gasteiger partial charge in [0.2, 0.25) is 0 Å². The van der Waals surface area contributed by atoms with E-state index in [2.05, 4.69) is 18.3 Å². The van der Waals surface area contributed by atoms with Crippen LogP contribution in [0.5, 0.6) is 0 Å². The van der Waals surface area contributed by atoms with Crippen LogP contribution in [0.3, 0.4) is 0 Å². The van der Waals surface area contributed by atoms with Gasteiger partial charge in [-0.1, -0.05) is 6.42 Å². The largest absolute Gasteiger partial charge is 0.373 e. The molecule has 1 aliphatic heterocycles. The lowest BCUT2D eigenvalue weighted by Gasteiger charge is -2.21. The summed E-state index contributed by atoms with van der Waals surface area (Å²) in [7, 11) is 0. The third-order valence-electron chi connectivity index (χ3n) is 3.64. The lowest BCUT2D eigenvalue weighted by Crippen LogP contribution is -2.13. The second kappa shape index (κ2) is 3.91. The molecule has 0 bridgehead atoms. The zero-order chi connectivity index (χ0) is 10.3. The lowest BCUT2D eigenvalue weighted by atomic mass is 9.98. The lowest BCUT2D eigenvalue weighted by molar-refractivity contribution is 0.0562. The van der Waals surface area contributed by atoms with E-state index in [4.69, 9.17) is 4.74 Å². The normalized spacial score (nSPS) is 25.5. The molecule has 1 unspecified atom stereocenters. The fourth-order valence-electron chi connectivity index (χ4n) is 2.89. The van der Waals surface area contributed by atoms with E-state index in [1.807, 2.05) is 0 Å². The summed E-state index contributed by atoms with van der Waals surface area (Å²) < 4.78 is 5.78. The van der Waals surface area contributed by atoms with Crippen molar-refractivity contribution < 1.29 is 4.74 Å². The van der Waals surface area contributed by atoms with Gasteiger partial charge in [0.25, 0.3) is 0 Å². The molecule has 2 heterocycles. The molecule has 15 heavy (non-hydrogen) atoms. The molecule has 1 atom stereocenters. The third-order valence-corrected chi connectivity index (χ3v) is 5.01. The molecule has 0 radical (unpaired) electrons. The number of thiophene rings is 1. The van der Waals surface area contributed by atoms with Gasteiger partial charge in [0.1, 0.15) is 0 Å². The monoisotopic (exact) mass is 222 g/mol. The van der Waals surface area contributed by atoms with Gasteiger partial charge in [0.05, 0.1) is 12.7 Å². The molecule has 2 aliphatic rings. The highest BCUT2D eigenvalue weighted by Gasteiger charge is 2.26. The van der Waals surface area contributed by atoms with Gasteiger partial charge in [-0.05, 0) is 43.7 Å². The maximum atomic E-state index is 5.78. The summed E-state index contributed by atoms with van der Waals surface area (Å²) in [5, 5.41) is 0. The molecule has 1 nitrogen and oxygen atoms in total. The zero-order valence-corrected chi connectivity index (χ0v) is 10.2. The van der Waals surface area contributed by atoms with E-state index in [1.54, 1.807) is 20.9 Å². The molecule has 1 aromatic heterocycles. The summed E-state index contributed by atoms with van der Waals surface area (Å²) in [6, 6.07) is 0. The van der Waals surface area contributed by atoms with Crippen LogP contribution in [0, 0.1) is 0 Å². The standard InChI is InChI=1S/C13H18OS/c1-9-13-10-5-3-2-4-6-11(10)15-12(13)7-8-14-9/h9H,2-8H2,1H3. The third kappa shape index (κ3) is 1.64. The zero-order valence-electron chi connectivity index (χ0n) is 9.34. The van der Waals surface area contributed by atoms with Crippen LogP contribution in [0.2, 0.25) is 0 Å². The van der Waals surface area contributed by atoms with Gasteiger partial charge in [-0.3, -0.25) is 0 Å². The van der Waals surface area contributed by atoms with Crippen molar-refractivity contribution in [1.29, 1.82) is 0 Å². The summed E-state index contributed by atoms with van der Waals surface area (Å²) in [6.07, 6.45) is 8.30. The van der Waals surface area contributed by atoms with E-state index in [9.17, 15) is 0 Å². The Morgan fingerprint density at radius 1 is 1.07 bits per heavy atom. The number of fused-ring (bicyclic) bond motifs is 3. The molecule has 0 amide bonds. The SMILES string of the molecule is CC1OCCc2sc3c(c21)CCCCC3. The molecule has 0 aromatic carbocycles. The van der Waals surface area contributed by atoms with Gasteiger partial charge >= 0.3 is 0 Å². The van der Waals surface area contributed by atoms with Crippen LogP contribution in [0.15, 0.2) is 0 Å². The molecule has 0 spiro atoms.